The van der Waals surface area contributed by atoms with E-state index < -0.39 is 0 Å². The molecule has 4 heteroatoms. The molecule has 1 saturated heterocycles. The second kappa shape index (κ2) is 8.26. The van der Waals surface area contributed by atoms with E-state index in [2.05, 4.69) is 60.5 Å². The molecule has 24 heavy (non-hydrogen) atoms. The monoisotopic (exact) mass is 344 g/mol. The van der Waals surface area contributed by atoms with Crippen LogP contribution in [0.15, 0.2) is 36.4 Å². The molecular weight excluding hydrogens is 316 g/mol. The second-order valence-corrected chi connectivity index (χ2v) is 8.15. The summed E-state index contributed by atoms with van der Waals surface area (Å²) in [6.07, 6.45) is 1.69. The summed E-state index contributed by atoms with van der Waals surface area (Å²) in [6, 6.07) is 13.5. The number of hydrogen-bond acceptors (Lipinski definition) is 4. The number of hydrogen-bond donors (Lipinski definition) is 2. The third kappa shape index (κ3) is 4.67. The van der Waals surface area contributed by atoms with E-state index in [0.29, 0.717) is 6.04 Å². The predicted molar refractivity (Wildman–Crippen MR) is 101 cm³/mol. The van der Waals surface area contributed by atoms with E-state index in [0.717, 1.165) is 39.0 Å². The average molecular weight is 345 g/mol. The number of aliphatic hydroxyl groups excluding tert-OH is 1. The number of likely N-dealkylation sites (tertiary alicyclic amines) is 1. The van der Waals surface area contributed by atoms with Gasteiger partial charge in [-0.1, -0.05) is 24.3 Å². The van der Waals surface area contributed by atoms with Crippen LogP contribution in [-0.2, 0) is 13.1 Å². The lowest BCUT2D eigenvalue weighted by Crippen LogP contribution is -2.35. The quantitative estimate of drug-likeness (QED) is 0.835. The van der Waals surface area contributed by atoms with Crippen molar-refractivity contribution in [1.29, 1.82) is 0 Å². The van der Waals surface area contributed by atoms with E-state index in [-0.39, 0.29) is 6.10 Å². The first kappa shape index (κ1) is 17.6. The van der Waals surface area contributed by atoms with Gasteiger partial charge in [-0.05, 0) is 49.9 Å². The summed E-state index contributed by atoms with van der Waals surface area (Å²) >= 11 is 1.87. The molecule has 1 unspecified atom stereocenters. The Hall–Kier alpha value is -1.20. The third-order valence-corrected chi connectivity index (χ3v) is 6.04. The molecule has 0 spiro atoms. The van der Waals surface area contributed by atoms with Crippen molar-refractivity contribution in [1.82, 2.24) is 10.2 Å². The summed E-state index contributed by atoms with van der Waals surface area (Å²) in [5.41, 5.74) is 2.78. The molecule has 0 bridgehead atoms. The maximum atomic E-state index is 9.67. The Morgan fingerprint density at radius 3 is 2.54 bits per heavy atom. The van der Waals surface area contributed by atoms with E-state index in [1.807, 2.05) is 11.3 Å². The van der Waals surface area contributed by atoms with Crippen LogP contribution in [0.3, 0.4) is 0 Å². The Morgan fingerprint density at radius 1 is 1.17 bits per heavy atom. The molecule has 1 aliphatic heterocycles. The van der Waals surface area contributed by atoms with Gasteiger partial charge in [0.2, 0.25) is 0 Å². The Balaban J connectivity index is 1.59. The van der Waals surface area contributed by atoms with E-state index >= 15 is 0 Å². The first-order chi connectivity index (χ1) is 11.6. The molecule has 0 saturated carbocycles. The minimum Gasteiger partial charge on any atom is -0.393 e. The Labute approximate surface area is 149 Å². The molecule has 2 N–H and O–H groups in total. The predicted octanol–water partition coefficient (Wildman–Crippen LogP) is 3.86. The van der Waals surface area contributed by atoms with E-state index in [1.165, 1.54) is 20.9 Å². The Bertz CT molecular complexity index is 647. The summed E-state index contributed by atoms with van der Waals surface area (Å²) in [6.45, 7) is 8.26. The number of thiophene rings is 1. The van der Waals surface area contributed by atoms with Gasteiger partial charge in [0.15, 0.2) is 0 Å². The van der Waals surface area contributed by atoms with Gasteiger partial charge in [-0.2, -0.15) is 0 Å². The molecule has 1 atom stereocenters. The van der Waals surface area contributed by atoms with Crippen LogP contribution in [-0.4, -0.2) is 29.2 Å². The number of piperidine rings is 1. The summed E-state index contributed by atoms with van der Waals surface area (Å²) in [5, 5.41) is 13.3. The van der Waals surface area contributed by atoms with Gasteiger partial charge in [0, 0.05) is 42.0 Å². The van der Waals surface area contributed by atoms with Crippen LogP contribution in [0, 0.1) is 6.92 Å². The van der Waals surface area contributed by atoms with Gasteiger partial charge in [-0.25, -0.2) is 0 Å². The average Bonchev–Trinajstić information content (AvgIpc) is 3.02. The van der Waals surface area contributed by atoms with Crippen molar-refractivity contribution >= 4 is 11.3 Å². The normalized spacial score (nSPS) is 18.0. The van der Waals surface area contributed by atoms with Gasteiger partial charge in [0.05, 0.1) is 6.10 Å². The van der Waals surface area contributed by atoms with Crippen LogP contribution in [0.2, 0.25) is 0 Å². The number of aryl methyl sites for hydroxylation is 1. The highest BCUT2D eigenvalue weighted by Gasteiger charge is 2.18. The van der Waals surface area contributed by atoms with Crippen molar-refractivity contribution in [2.24, 2.45) is 0 Å². The van der Waals surface area contributed by atoms with Crippen LogP contribution in [0.25, 0.3) is 0 Å². The molecule has 0 aliphatic carbocycles. The van der Waals surface area contributed by atoms with Crippen LogP contribution >= 0.6 is 11.3 Å². The van der Waals surface area contributed by atoms with Gasteiger partial charge in [0.1, 0.15) is 0 Å². The Morgan fingerprint density at radius 2 is 1.88 bits per heavy atom. The van der Waals surface area contributed by atoms with Gasteiger partial charge in [-0.3, -0.25) is 4.90 Å². The minimum absolute atomic E-state index is 0.103. The van der Waals surface area contributed by atoms with Crippen molar-refractivity contribution in [2.45, 2.75) is 51.9 Å². The van der Waals surface area contributed by atoms with E-state index in [9.17, 15) is 5.11 Å². The van der Waals surface area contributed by atoms with E-state index in [1.54, 1.807) is 0 Å². The smallest absolute Gasteiger partial charge is 0.0564 e. The third-order valence-electron chi connectivity index (χ3n) is 4.86. The summed E-state index contributed by atoms with van der Waals surface area (Å²) in [5.74, 6) is 0. The zero-order valence-corrected chi connectivity index (χ0v) is 15.5. The number of aliphatic hydroxyl groups is 1. The zero-order valence-electron chi connectivity index (χ0n) is 14.7. The molecule has 3 nitrogen and oxygen atoms in total. The fourth-order valence-electron chi connectivity index (χ4n) is 3.25. The van der Waals surface area contributed by atoms with Gasteiger partial charge >= 0.3 is 0 Å². The fraction of sp³-hybridized carbons (Fsp3) is 0.500. The van der Waals surface area contributed by atoms with Crippen LogP contribution in [0.5, 0.6) is 0 Å². The molecule has 2 heterocycles. The zero-order chi connectivity index (χ0) is 16.9. The van der Waals surface area contributed by atoms with Gasteiger partial charge < -0.3 is 10.4 Å². The maximum absolute atomic E-state index is 9.67. The number of nitrogens with zero attached hydrogens (tertiary/aromatic N) is 1. The molecule has 1 aromatic carbocycles. The number of benzene rings is 1. The Kier molecular flexibility index (Phi) is 6.06. The highest BCUT2D eigenvalue weighted by Crippen LogP contribution is 2.23. The largest absolute Gasteiger partial charge is 0.393 e. The molecule has 1 fully saturated rings. The molecule has 1 aliphatic rings. The molecule has 0 radical (unpaired) electrons. The van der Waals surface area contributed by atoms with Crippen LogP contribution < -0.4 is 5.32 Å². The van der Waals surface area contributed by atoms with Gasteiger partial charge in [-0.15, -0.1) is 11.3 Å². The van der Waals surface area contributed by atoms with E-state index in [4.69, 9.17) is 0 Å². The molecule has 1 aromatic heterocycles. The topological polar surface area (TPSA) is 35.5 Å². The summed E-state index contributed by atoms with van der Waals surface area (Å²) in [4.78, 5) is 5.22. The summed E-state index contributed by atoms with van der Waals surface area (Å²) in [7, 11) is 0. The lowest BCUT2D eigenvalue weighted by Gasteiger charge is -2.30. The lowest BCUT2D eigenvalue weighted by molar-refractivity contribution is 0.0791. The number of rotatable bonds is 6. The SMILES string of the molecule is Cc1ccc(C(C)NCc2ccccc2CN2CCC(O)CC2)s1. The standard InChI is InChI=1S/C20H28N2OS/c1-15-7-8-20(24-15)16(2)21-13-17-5-3-4-6-18(17)14-22-11-9-19(23)10-12-22/h3-8,16,19,21,23H,9-14H2,1-2H3. The van der Waals surface area contributed by atoms with Crippen LogP contribution in [0.4, 0.5) is 0 Å². The van der Waals surface area contributed by atoms with Crippen LogP contribution in [0.1, 0.15) is 46.7 Å². The molecular formula is C20H28N2OS. The lowest BCUT2D eigenvalue weighted by atomic mass is 10.0. The maximum Gasteiger partial charge on any atom is 0.0564 e. The first-order valence-corrected chi connectivity index (χ1v) is 9.70. The highest BCUT2D eigenvalue weighted by atomic mass is 32.1. The molecule has 0 amide bonds. The van der Waals surface area contributed by atoms with Gasteiger partial charge in [0.25, 0.3) is 0 Å². The first-order valence-electron chi connectivity index (χ1n) is 8.89. The molecule has 3 rings (SSSR count). The number of nitrogens with one attached hydrogen (secondary N) is 1. The van der Waals surface area contributed by atoms with Crippen molar-refractivity contribution < 1.29 is 5.11 Å². The summed E-state index contributed by atoms with van der Waals surface area (Å²) < 4.78 is 0. The van der Waals surface area contributed by atoms with Crippen molar-refractivity contribution in [3.05, 3.63) is 57.3 Å². The molecule has 2 aromatic rings. The fourth-order valence-corrected chi connectivity index (χ4v) is 4.16. The van der Waals surface area contributed by atoms with Crippen molar-refractivity contribution in [3.63, 3.8) is 0 Å². The highest BCUT2D eigenvalue weighted by molar-refractivity contribution is 7.12. The van der Waals surface area contributed by atoms with Crippen molar-refractivity contribution in [2.75, 3.05) is 13.1 Å². The minimum atomic E-state index is -0.103. The second-order valence-electron chi connectivity index (χ2n) is 6.83. The van der Waals surface area contributed by atoms with Crippen molar-refractivity contribution in [3.8, 4) is 0 Å². The molecule has 130 valence electrons.